The van der Waals surface area contributed by atoms with Gasteiger partial charge in [-0.25, -0.2) is 9.50 Å². The van der Waals surface area contributed by atoms with E-state index in [1.165, 1.54) is 5.69 Å². The molecule has 3 aromatic heterocycles. The van der Waals surface area contributed by atoms with Crippen molar-refractivity contribution in [2.45, 2.75) is 12.8 Å². The van der Waals surface area contributed by atoms with Crippen molar-refractivity contribution in [3.05, 3.63) is 27.7 Å². The zero-order valence-electron chi connectivity index (χ0n) is 8.11. The van der Waals surface area contributed by atoms with Crippen LogP contribution in [-0.4, -0.2) is 14.6 Å². The van der Waals surface area contributed by atoms with Gasteiger partial charge in [-0.05, 0) is 28.4 Å². The van der Waals surface area contributed by atoms with Gasteiger partial charge in [0, 0.05) is 12.0 Å². The van der Waals surface area contributed by atoms with Gasteiger partial charge in [0.1, 0.15) is 5.76 Å². The Bertz CT molecular complexity index is 696. The summed E-state index contributed by atoms with van der Waals surface area (Å²) in [7, 11) is 0. The Balaban J connectivity index is 2.10. The first kappa shape index (κ1) is 8.95. The number of hydrogen-bond donors (Lipinski definition) is 0. The standard InChI is InChI=1S/C10H6BrN3OS/c11-9-13-14-6-1-2-7-5(3-4-15-7)8(6)12-10(14)16-9/h3-4H,1-2H2. The third kappa shape index (κ3) is 1.03. The summed E-state index contributed by atoms with van der Waals surface area (Å²) in [6.45, 7) is 0. The molecule has 3 aromatic rings. The van der Waals surface area contributed by atoms with Crippen LogP contribution in [0.25, 0.3) is 16.2 Å². The topological polar surface area (TPSA) is 43.3 Å². The number of imidazole rings is 1. The first-order valence-electron chi connectivity index (χ1n) is 4.93. The number of halogens is 1. The van der Waals surface area contributed by atoms with Gasteiger partial charge in [-0.15, -0.1) is 5.10 Å². The van der Waals surface area contributed by atoms with Crippen LogP contribution < -0.4 is 0 Å². The lowest BCUT2D eigenvalue weighted by atomic mass is 10.00. The summed E-state index contributed by atoms with van der Waals surface area (Å²) in [6, 6.07) is 1.99. The van der Waals surface area contributed by atoms with E-state index in [1.807, 2.05) is 10.6 Å². The second-order valence-corrected chi connectivity index (χ2v) is 5.95. The lowest BCUT2D eigenvalue weighted by molar-refractivity contribution is 0.505. The molecule has 0 spiro atoms. The van der Waals surface area contributed by atoms with Gasteiger partial charge < -0.3 is 4.42 Å². The van der Waals surface area contributed by atoms with E-state index in [0.717, 1.165) is 38.7 Å². The van der Waals surface area contributed by atoms with Crippen molar-refractivity contribution >= 4 is 32.2 Å². The largest absolute Gasteiger partial charge is 0.469 e. The molecule has 4 rings (SSSR count). The number of fused-ring (bicyclic) bond motifs is 5. The van der Waals surface area contributed by atoms with Crippen LogP contribution in [0.3, 0.4) is 0 Å². The quantitative estimate of drug-likeness (QED) is 0.640. The van der Waals surface area contributed by atoms with Gasteiger partial charge in [-0.3, -0.25) is 0 Å². The molecule has 16 heavy (non-hydrogen) atoms. The average Bonchev–Trinajstić information content (AvgIpc) is 2.88. The Morgan fingerprint density at radius 3 is 3.31 bits per heavy atom. The maximum atomic E-state index is 5.43. The highest BCUT2D eigenvalue weighted by atomic mass is 79.9. The molecule has 0 atom stereocenters. The maximum absolute atomic E-state index is 5.43. The molecule has 3 heterocycles. The van der Waals surface area contributed by atoms with Gasteiger partial charge in [0.15, 0.2) is 3.92 Å². The highest BCUT2D eigenvalue weighted by molar-refractivity contribution is 9.11. The summed E-state index contributed by atoms with van der Waals surface area (Å²) >= 11 is 4.93. The Morgan fingerprint density at radius 1 is 1.44 bits per heavy atom. The summed E-state index contributed by atoms with van der Waals surface area (Å²) < 4.78 is 8.24. The van der Waals surface area contributed by atoms with Crippen molar-refractivity contribution in [1.82, 2.24) is 14.6 Å². The van der Waals surface area contributed by atoms with Crippen LogP contribution in [0.4, 0.5) is 0 Å². The van der Waals surface area contributed by atoms with Gasteiger partial charge in [-0.1, -0.05) is 11.3 Å². The molecule has 80 valence electrons. The number of nitrogens with zero attached hydrogens (tertiary/aromatic N) is 3. The fourth-order valence-corrected chi connectivity index (χ4v) is 3.42. The van der Waals surface area contributed by atoms with Crippen molar-refractivity contribution in [1.29, 1.82) is 0 Å². The second-order valence-electron chi connectivity index (χ2n) is 3.71. The fraction of sp³-hybridized carbons (Fsp3) is 0.200. The highest BCUT2D eigenvalue weighted by Gasteiger charge is 2.25. The van der Waals surface area contributed by atoms with Crippen LogP contribution in [0.1, 0.15) is 11.5 Å². The van der Waals surface area contributed by atoms with Crippen molar-refractivity contribution in [2.24, 2.45) is 0 Å². The van der Waals surface area contributed by atoms with Crippen LogP contribution >= 0.6 is 27.3 Å². The summed E-state index contributed by atoms with van der Waals surface area (Å²) in [5.41, 5.74) is 3.34. The number of aryl methyl sites for hydroxylation is 2. The average molecular weight is 296 g/mol. The van der Waals surface area contributed by atoms with E-state index < -0.39 is 0 Å². The Labute approximate surface area is 103 Å². The van der Waals surface area contributed by atoms with Crippen LogP contribution in [0.5, 0.6) is 0 Å². The summed E-state index contributed by atoms with van der Waals surface area (Å²) in [4.78, 5) is 5.55. The Kier molecular flexibility index (Phi) is 1.65. The Hall–Kier alpha value is -1.14. The van der Waals surface area contributed by atoms with E-state index in [1.54, 1.807) is 17.6 Å². The minimum Gasteiger partial charge on any atom is -0.469 e. The van der Waals surface area contributed by atoms with Crippen molar-refractivity contribution in [3.8, 4) is 11.3 Å². The molecular formula is C10H6BrN3OS. The second kappa shape index (κ2) is 2.95. The van der Waals surface area contributed by atoms with E-state index in [-0.39, 0.29) is 0 Å². The first-order valence-corrected chi connectivity index (χ1v) is 6.54. The predicted molar refractivity (Wildman–Crippen MR) is 63.7 cm³/mol. The molecule has 6 heteroatoms. The zero-order valence-corrected chi connectivity index (χ0v) is 10.5. The summed E-state index contributed by atoms with van der Waals surface area (Å²) in [6.07, 6.45) is 3.60. The van der Waals surface area contributed by atoms with Crippen LogP contribution in [0.2, 0.25) is 0 Å². The van der Waals surface area contributed by atoms with Gasteiger partial charge >= 0.3 is 0 Å². The molecule has 4 nitrogen and oxygen atoms in total. The lowest BCUT2D eigenvalue weighted by Crippen LogP contribution is -2.04. The maximum Gasteiger partial charge on any atom is 0.213 e. The molecule has 1 aliphatic carbocycles. The number of aromatic nitrogens is 3. The number of rotatable bonds is 0. The number of furan rings is 1. The normalized spacial score (nSPS) is 14.1. The molecule has 0 aromatic carbocycles. The predicted octanol–water partition coefficient (Wildman–Crippen LogP) is 2.91. The van der Waals surface area contributed by atoms with E-state index >= 15 is 0 Å². The summed E-state index contributed by atoms with van der Waals surface area (Å²) in [5, 5.41) is 4.40. The highest BCUT2D eigenvalue weighted by Crippen LogP contribution is 2.35. The third-order valence-electron chi connectivity index (χ3n) is 2.86. The smallest absolute Gasteiger partial charge is 0.213 e. The molecule has 0 aliphatic heterocycles. The molecule has 0 amide bonds. The van der Waals surface area contributed by atoms with E-state index in [4.69, 9.17) is 4.42 Å². The molecule has 0 N–H and O–H groups in total. The number of hydrogen-bond acceptors (Lipinski definition) is 4. The zero-order chi connectivity index (χ0) is 10.7. The van der Waals surface area contributed by atoms with Gasteiger partial charge in [0.2, 0.25) is 4.96 Å². The SMILES string of the molecule is Brc1nn2c3c(nc2s1)-c1ccoc1CC3. The van der Waals surface area contributed by atoms with E-state index in [9.17, 15) is 0 Å². The monoisotopic (exact) mass is 295 g/mol. The van der Waals surface area contributed by atoms with Crippen molar-refractivity contribution in [3.63, 3.8) is 0 Å². The van der Waals surface area contributed by atoms with Crippen LogP contribution in [0, 0.1) is 0 Å². The molecular weight excluding hydrogens is 290 g/mol. The van der Waals surface area contributed by atoms with Gasteiger partial charge in [-0.2, -0.15) is 0 Å². The third-order valence-corrected chi connectivity index (χ3v) is 4.20. The summed E-state index contributed by atoms with van der Waals surface area (Å²) in [5.74, 6) is 1.04. The van der Waals surface area contributed by atoms with Crippen molar-refractivity contribution in [2.75, 3.05) is 0 Å². The van der Waals surface area contributed by atoms with Crippen LogP contribution in [0.15, 0.2) is 20.7 Å². The molecule has 0 radical (unpaired) electrons. The molecule has 0 saturated heterocycles. The minimum absolute atomic E-state index is 0.871. The van der Waals surface area contributed by atoms with Crippen molar-refractivity contribution < 1.29 is 4.42 Å². The molecule has 0 fully saturated rings. The molecule has 1 aliphatic rings. The first-order chi connectivity index (χ1) is 7.83. The fourth-order valence-electron chi connectivity index (χ4n) is 2.18. The molecule has 0 bridgehead atoms. The van der Waals surface area contributed by atoms with Gasteiger partial charge in [0.05, 0.1) is 17.7 Å². The lowest BCUT2D eigenvalue weighted by Gasteiger charge is -2.08. The molecule has 0 unspecified atom stereocenters. The Morgan fingerprint density at radius 2 is 2.38 bits per heavy atom. The minimum atomic E-state index is 0.871. The van der Waals surface area contributed by atoms with E-state index in [2.05, 4.69) is 26.0 Å². The van der Waals surface area contributed by atoms with Crippen LogP contribution in [-0.2, 0) is 12.8 Å². The molecule has 0 saturated carbocycles. The van der Waals surface area contributed by atoms with Gasteiger partial charge in [0.25, 0.3) is 0 Å². The van der Waals surface area contributed by atoms with E-state index in [0.29, 0.717) is 0 Å².